The third-order valence-corrected chi connectivity index (χ3v) is 12.9. The van der Waals surface area contributed by atoms with E-state index in [2.05, 4.69) is 10.2 Å². The Kier molecular flexibility index (Phi) is 9.35. The minimum absolute atomic E-state index is 0.00290. The number of amides is 4. The molecule has 0 radical (unpaired) electrons. The van der Waals surface area contributed by atoms with Crippen molar-refractivity contribution < 1.29 is 38.1 Å². The second-order valence-electron chi connectivity index (χ2n) is 14.7. The van der Waals surface area contributed by atoms with Crippen molar-refractivity contribution >= 4 is 75.3 Å². The van der Waals surface area contributed by atoms with Crippen molar-refractivity contribution in [3.8, 4) is 17.2 Å². The second kappa shape index (κ2) is 14.0. The number of rotatable bonds is 8. The molecule has 3 fully saturated rings. The molecule has 1 saturated carbocycles. The smallest absolute Gasteiger partial charge is 0.258 e. The Morgan fingerprint density at radius 2 is 1.32 bits per heavy atom. The van der Waals surface area contributed by atoms with E-state index in [1.54, 1.807) is 30.3 Å². The van der Waals surface area contributed by atoms with E-state index in [9.17, 15) is 28.7 Å². The summed E-state index contributed by atoms with van der Waals surface area (Å²) in [5.41, 5.74) is 3.39. The summed E-state index contributed by atoms with van der Waals surface area (Å²) in [7, 11) is 6.57. The van der Waals surface area contributed by atoms with Crippen LogP contribution in [0.2, 0.25) is 0 Å². The van der Waals surface area contributed by atoms with Crippen molar-refractivity contribution in [1.29, 1.82) is 0 Å². The number of imide groups is 2. The topological polar surface area (TPSA) is 141 Å². The van der Waals surface area contributed by atoms with Gasteiger partial charge in [-0.1, -0.05) is 11.6 Å². The fourth-order valence-corrected chi connectivity index (χ4v) is 9.64. The van der Waals surface area contributed by atoms with Gasteiger partial charge in [-0.15, -0.1) is 23.2 Å². The zero-order valence-electron chi connectivity index (χ0n) is 31.2. The summed E-state index contributed by atoms with van der Waals surface area (Å²) < 4.78 is 24.9. The number of azo groups is 1. The van der Waals surface area contributed by atoms with Crippen molar-refractivity contribution in [1.82, 2.24) is 0 Å². The number of methoxy groups -OCH3 is 2. The molecule has 4 aromatic rings. The van der Waals surface area contributed by atoms with Gasteiger partial charge < -0.3 is 19.5 Å². The zero-order chi connectivity index (χ0) is 40.6. The molecule has 2 saturated heterocycles. The van der Waals surface area contributed by atoms with Gasteiger partial charge in [-0.05, 0) is 109 Å². The van der Waals surface area contributed by atoms with E-state index in [0.717, 1.165) is 27.6 Å². The van der Waals surface area contributed by atoms with E-state index in [0.29, 0.717) is 28.2 Å². The van der Waals surface area contributed by atoms with E-state index >= 15 is 0 Å². The number of carbonyl (C=O) groups is 4. The molecule has 2 aliphatic carbocycles. The third-order valence-electron chi connectivity index (χ3n) is 11.5. The van der Waals surface area contributed by atoms with Gasteiger partial charge >= 0.3 is 0 Å². The van der Waals surface area contributed by atoms with Crippen LogP contribution in [0, 0.1) is 23.6 Å². The van der Waals surface area contributed by atoms with Crippen LogP contribution in [0.15, 0.2) is 107 Å². The summed E-state index contributed by atoms with van der Waals surface area (Å²) in [5, 5.41) is 19.4. The average Bonchev–Trinajstić information content (AvgIpc) is 3.55. The van der Waals surface area contributed by atoms with E-state index in [1.807, 2.05) is 43.3 Å². The Hall–Kier alpha value is -5.79. The number of nitrogens with zero attached hydrogens (tertiary/aromatic N) is 5. The van der Waals surface area contributed by atoms with Crippen LogP contribution in [-0.2, 0) is 19.2 Å². The summed E-state index contributed by atoms with van der Waals surface area (Å²) in [5.74, 6) is -7.31. The first-order valence-electron chi connectivity index (χ1n) is 18.1. The van der Waals surface area contributed by atoms with Gasteiger partial charge in [-0.25, -0.2) is 9.29 Å². The third kappa shape index (κ3) is 5.77. The number of hydrogen-bond donors (Lipinski definition) is 1. The lowest BCUT2D eigenvalue weighted by Crippen LogP contribution is -2.60. The van der Waals surface area contributed by atoms with Crippen LogP contribution in [0.5, 0.6) is 17.2 Å². The molecule has 57 heavy (non-hydrogen) atoms. The van der Waals surface area contributed by atoms with Crippen LogP contribution in [0.4, 0.5) is 32.8 Å². The highest BCUT2D eigenvalue weighted by atomic mass is 35.5. The van der Waals surface area contributed by atoms with Crippen LogP contribution >= 0.6 is 23.2 Å². The highest BCUT2D eigenvalue weighted by Crippen LogP contribution is 2.66. The van der Waals surface area contributed by atoms with E-state index < -0.39 is 62.9 Å². The summed E-state index contributed by atoms with van der Waals surface area (Å²) >= 11 is 15.0. The summed E-state index contributed by atoms with van der Waals surface area (Å²) in [6.45, 7) is 0. The molecule has 4 amide bonds. The monoisotopic (exact) mass is 811 g/mol. The number of phenols is 1. The van der Waals surface area contributed by atoms with Gasteiger partial charge in [0.25, 0.3) is 11.8 Å². The second-order valence-corrected chi connectivity index (χ2v) is 15.9. The highest BCUT2D eigenvalue weighted by molar-refractivity contribution is 6.58. The number of phenolic OH excluding ortho intramolecular Hbond substituents is 1. The minimum Gasteiger partial charge on any atom is -0.502 e. The predicted molar refractivity (Wildman–Crippen MR) is 212 cm³/mol. The first kappa shape index (κ1) is 38.1. The van der Waals surface area contributed by atoms with E-state index in [1.165, 1.54) is 38.5 Å². The van der Waals surface area contributed by atoms with Crippen molar-refractivity contribution in [2.75, 3.05) is 43.0 Å². The number of benzene rings is 4. The molecular weight excluding hydrogens is 776 g/mol. The number of alkyl halides is 2. The Labute approximate surface area is 337 Å². The van der Waals surface area contributed by atoms with Crippen molar-refractivity contribution in [3.05, 3.63) is 108 Å². The first-order chi connectivity index (χ1) is 27.2. The Morgan fingerprint density at radius 3 is 1.88 bits per heavy atom. The van der Waals surface area contributed by atoms with Crippen LogP contribution in [0.25, 0.3) is 0 Å². The van der Waals surface area contributed by atoms with Crippen LogP contribution in [-0.4, -0.2) is 66.8 Å². The standard InChI is InChI=1S/C42H36Cl2FN5O7/c1-48(2)26-13-7-24(8-14-26)46-47-25-9-15-27(16-10-25)49-37(52)30-18-17-29-31(34(30)38(49)53)21-41(43)39(54)50(28-11-5-23(45)6-12-28)40(55)42(41,44)35(29)22-19-32(56-3)36(51)33(20-22)57-4/h5-17,19-20,30-31,34-35,51H,18,21H2,1-4H3. The lowest BCUT2D eigenvalue weighted by molar-refractivity contribution is -0.125. The lowest BCUT2D eigenvalue weighted by Gasteiger charge is -2.50. The maximum absolute atomic E-state index is 14.7. The molecule has 2 heterocycles. The quantitative estimate of drug-likeness (QED) is 0.0823. The molecule has 4 aromatic carbocycles. The molecule has 0 spiro atoms. The number of allylic oxidation sites excluding steroid dienone is 2. The van der Waals surface area contributed by atoms with Gasteiger partial charge in [0, 0.05) is 25.7 Å². The molecule has 292 valence electrons. The van der Waals surface area contributed by atoms with Crippen molar-refractivity contribution in [2.24, 2.45) is 28.0 Å². The van der Waals surface area contributed by atoms with Gasteiger partial charge in [0.2, 0.25) is 17.6 Å². The SMILES string of the molecule is COc1cc(C2C3=CCC4C(=O)N(c5ccc(N=Nc6ccc(N(C)C)cc6)cc5)C(=O)C4C3CC3(Cl)C(=O)N(c4ccc(F)cc4)C(=O)C23Cl)cc(OC)c1O. The van der Waals surface area contributed by atoms with Crippen LogP contribution in [0.3, 0.4) is 0 Å². The minimum atomic E-state index is -2.19. The molecule has 0 bridgehead atoms. The average molecular weight is 813 g/mol. The largest absolute Gasteiger partial charge is 0.502 e. The fourth-order valence-electron chi connectivity index (χ4n) is 8.71. The number of fused-ring (bicyclic) bond motifs is 4. The molecular formula is C42H36Cl2FN5O7. The molecule has 6 atom stereocenters. The first-order valence-corrected chi connectivity index (χ1v) is 18.8. The fraction of sp³-hybridized carbons (Fsp3) is 0.286. The Balaban J connectivity index is 1.18. The van der Waals surface area contributed by atoms with Gasteiger partial charge in [-0.3, -0.25) is 24.1 Å². The Morgan fingerprint density at radius 1 is 0.772 bits per heavy atom. The molecule has 12 nitrogen and oxygen atoms in total. The van der Waals surface area contributed by atoms with Gasteiger partial charge in [-0.2, -0.15) is 10.2 Å². The number of hydrogen-bond acceptors (Lipinski definition) is 10. The number of carbonyl (C=O) groups excluding carboxylic acids is 4. The van der Waals surface area contributed by atoms with Crippen molar-refractivity contribution in [2.45, 2.75) is 28.5 Å². The Bertz CT molecular complexity index is 2370. The van der Waals surface area contributed by atoms with Gasteiger partial charge in [0.1, 0.15) is 5.82 Å². The molecule has 4 aliphatic rings. The molecule has 6 unspecified atom stereocenters. The zero-order valence-corrected chi connectivity index (χ0v) is 32.7. The van der Waals surface area contributed by atoms with E-state index in [-0.39, 0.29) is 35.8 Å². The summed E-state index contributed by atoms with van der Waals surface area (Å²) in [4.78, 5) is 57.6. The molecule has 2 aliphatic heterocycles. The number of ether oxygens (including phenoxy) is 2. The molecule has 15 heteroatoms. The van der Waals surface area contributed by atoms with E-state index in [4.69, 9.17) is 32.7 Å². The number of anilines is 3. The van der Waals surface area contributed by atoms with Gasteiger partial charge in [0.05, 0.1) is 48.8 Å². The lowest BCUT2D eigenvalue weighted by atomic mass is 9.56. The number of aromatic hydroxyl groups is 1. The molecule has 0 aromatic heterocycles. The maximum Gasteiger partial charge on any atom is 0.258 e. The maximum atomic E-state index is 14.7. The predicted octanol–water partition coefficient (Wildman–Crippen LogP) is 7.80. The van der Waals surface area contributed by atoms with Crippen molar-refractivity contribution in [3.63, 3.8) is 0 Å². The van der Waals surface area contributed by atoms with Crippen LogP contribution in [0.1, 0.15) is 24.3 Å². The highest BCUT2D eigenvalue weighted by Gasteiger charge is 2.76. The normalized spacial score (nSPS) is 26.7. The molecule has 8 rings (SSSR count). The molecule has 1 N–H and O–H groups in total. The summed E-state index contributed by atoms with van der Waals surface area (Å²) in [6, 6.07) is 21.8. The van der Waals surface area contributed by atoms with Crippen LogP contribution < -0.4 is 24.2 Å². The number of halogens is 3. The summed E-state index contributed by atoms with van der Waals surface area (Å²) in [6.07, 6.45) is 1.66. The van der Waals surface area contributed by atoms with Gasteiger partial charge in [0.15, 0.2) is 21.2 Å².